The molecule has 1 aliphatic heterocycles. The number of nitrogens with one attached hydrogen (secondary N) is 1. The Labute approximate surface area is 122 Å². The van der Waals surface area contributed by atoms with E-state index in [1.54, 1.807) is 0 Å². The van der Waals surface area contributed by atoms with Crippen molar-refractivity contribution in [1.82, 2.24) is 10.2 Å². The Bertz CT molecular complexity index is 428. The normalized spacial score (nSPS) is 17.9. The van der Waals surface area contributed by atoms with Gasteiger partial charge < -0.3 is 10.4 Å². The highest BCUT2D eigenvalue weighted by Crippen LogP contribution is 2.29. The van der Waals surface area contributed by atoms with Crippen LogP contribution in [0.5, 0.6) is 0 Å². The van der Waals surface area contributed by atoms with E-state index in [-0.39, 0.29) is 29.6 Å². The van der Waals surface area contributed by atoms with Gasteiger partial charge in [-0.25, -0.2) is 8.78 Å². The van der Waals surface area contributed by atoms with Crippen LogP contribution in [0.2, 0.25) is 5.02 Å². The van der Waals surface area contributed by atoms with Crippen molar-refractivity contribution in [3.05, 3.63) is 34.4 Å². The first kappa shape index (κ1) is 16.6. The second kappa shape index (κ2) is 7.36. The van der Waals surface area contributed by atoms with E-state index in [4.69, 9.17) is 11.6 Å². The van der Waals surface area contributed by atoms with E-state index in [2.05, 4.69) is 5.32 Å². The van der Waals surface area contributed by atoms with Gasteiger partial charge in [-0.2, -0.15) is 0 Å². The van der Waals surface area contributed by atoms with Crippen molar-refractivity contribution in [2.24, 2.45) is 0 Å². The van der Waals surface area contributed by atoms with E-state index >= 15 is 0 Å². The largest absolute Gasteiger partial charge is 0.394 e. The number of hydrogen-bond donors (Lipinski definition) is 2. The molecule has 0 radical (unpaired) electrons. The van der Waals surface area contributed by atoms with Gasteiger partial charge in [0.1, 0.15) is 11.6 Å². The summed E-state index contributed by atoms with van der Waals surface area (Å²) in [5.41, 5.74) is -0.146. The number of nitrogens with zero attached hydrogens (tertiary/aromatic N) is 1. The molecule has 0 unspecified atom stereocenters. The lowest BCUT2D eigenvalue weighted by Crippen LogP contribution is -2.46. The van der Waals surface area contributed by atoms with Gasteiger partial charge >= 0.3 is 0 Å². The maximum atomic E-state index is 13.9. The van der Waals surface area contributed by atoms with Crippen molar-refractivity contribution < 1.29 is 13.9 Å². The van der Waals surface area contributed by atoms with Crippen LogP contribution in [0.25, 0.3) is 0 Å². The van der Waals surface area contributed by atoms with Crippen LogP contribution in [0.1, 0.15) is 11.6 Å². The van der Waals surface area contributed by atoms with Gasteiger partial charge in [0.2, 0.25) is 0 Å². The van der Waals surface area contributed by atoms with Crippen molar-refractivity contribution in [3.63, 3.8) is 0 Å². The zero-order valence-corrected chi connectivity index (χ0v) is 11.8. The van der Waals surface area contributed by atoms with Crippen LogP contribution in [0.15, 0.2) is 12.1 Å². The number of hydrogen-bond acceptors (Lipinski definition) is 3. The summed E-state index contributed by atoms with van der Waals surface area (Å²) in [7, 11) is 0. The molecule has 2 N–H and O–H groups in total. The Kier molecular flexibility index (Phi) is 6.42. The number of aliphatic hydroxyl groups excluding tert-OH is 1. The lowest BCUT2D eigenvalue weighted by atomic mass is 10.0. The summed E-state index contributed by atoms with van der Waals surface area (Å²) < 4.78 is 27.7. The standard InChI is InChI=1S/C12H15ClF2N2O.ClH/c13-8-1-2-9(14)11(12(8)15)10(7-18)17-5-3-16-4-6-17;/h1-2,10,16,18H,3-7H2;1H/t10-;/m1./s1. The molecule has 1 aromatic carbocycles. The Morgan fingerprint density at radius 2 is 1.95 bits per heavy atom. The third-order valence-electron chi connectivity index (χ3n) is 3.18. The summed E-state index contributed by atoms with van der Waals surface area (Å²) in [6.07, 6.45) is 0. The summed E-state index contributed by atoms with van der Waals surface area (Å²) in [4.78, 5) is 1.86. The molecule has 1 atom stereocenters. The third-order valence-corrected chi connectivity index (χ3v) is 3.47. The van der Waals surface area contributed by atoms with E-state index < -0.39 is 17.7 Å². The SMILES string of the molecule is Cl.OC[C@H](c1c(F)ccc(Cl)c1F)N1CCNCC1. The van der Waals surface area contributed by atoms with Crippen LogP contribution < -0.4 is 5.32 Å². The maximum absolute atomic E-state index is 13.9. The molecule has 1 fully saturated rings. The smallest absolute Gasteiger partial charge is 0.149 e. The Balaban J connectivity index is 0.00000180. The molecule has 19 heavy (non-hydrogen) atoms. The van der Waals surface area contributed by atoms with Gasteiger partial charge in [-0.3, -0.25) is 4.90 Å². The first-order valence-electron chi connectivity index (χ1n) is 5.84. The van der Waals surface area contributed by atoms with Crippen LogP contribution >= 0.6 is 24.0 Å². The third kappa shape index (κ3) is 3.55. The molecular formula is C12H16Cl2F2N2O. The average molecular weight is 313 g/mol. The zero-order valence-electron chi connectivity index (χ0n) is 10.2. The van der Waals surface area contributed by atoms with E-state index in [9.17, 15) is 13.9 Å². The fourth-order valence-corrected chi connectivity index (χ4v) is 2.40. The Morgan fingerprint density at radius 1 is 1.32 bits per heavy atom. The predicted octanol–water partition coefficient (Wildman–Crippen LogP) is 1.98. The number of halogens is 4. The van der Waals surface area contributed by atoms with Crippen molar-refractivity contribution in [1.29, 1.82) is 0 Å². The molecule has 1 heterocycles. The Morgan fingerprint density at radius 3 is 2.53 bits per heavy atom. The summed E-state index contributed by atoms with van der Waals surface area (Å²) in [6, 6.07) is 1.62. The van der Waals surface area contributed by atoms with Crippen molar-refractivity contribution in [2.75, 3.05) is 32.8 Å². The maximum Gasteiger partial charge on any atom is 0.149 e. The molecule has 0 bridgehead atoms. The fourth-order valence-electron chi connectivity index (χ4n) is 2.23. The minimum atomic E-state index is -0.783. The molecule has 0 aromatic heterocycles. The van der Waals surface area contributed by atoms with Crippen molar-refractivity contribution in [3.8, 4) is 0 Å². The summed E-state index contributed by atoms with van der Waals surface area (Å²) in [6.45, 7) is 2.40. The molecular weight excluding hydrogens is 297 g/mol. The highest BCUT2D eigenvalue weighted by Gasteiger charge is 2.27. The van der Waals surface area contributed by atoms with E-state index in [0.717, 1.165) is 19.2 Å². The first-order chi connectivity index (χ1) is 8.65. The van der Waals surface area contributed by atoms with Gasteiger partial charge in [0.25, 0.3) is 0 Å². The monoisotopic (exact) mass is 312 g/mol. The van der Waals surface area contributed by atoms with Gasteiger partial charge in [-0.15, -0.1) is 12.4 Å². The minimum Gasteiger partial charge on any atom is -0.394 e. The second-order valence-electron chi connectivity index (χ2n) is 4.24. The number of piperazine rings is 1. The first-order valence-corrected chi connectivity index (χ1v) is 6.22. The lowest BCUT2D eigenvalue weighted by molar-refractivity contribution is 0.105. The van der Waals surface area contributed by atoms with Crippen LogP contribution in [0, 0.1) is 11.6 Å². The van der Waals surface area contributed by atoms with Gasteiger partial charge in [-0.05, 0) is 12.1 Å². The van der Waals surface area contributed by atoms with Gasteiger partial charge in [0.05, 0.1) is 17.7 Å². The fraction of sp³-hybridized carbons (Fsp3) is 0.500. The molecule has 1 aromatic rings. The second-order valence-corrected chi connectivity index (χ2v) is 4.65. The van der Waals surface area contributed by atoms with Crippen LogP contribution in [0.3, 0.4) is 0 Å². The molecule has 108 valence electrons. The highest BCUT2D eigenvalue weighted by molar-refractivity contribution is 6.30. The lowest BCUT2D eigenvalue weighted by Gasteiger charge is -2.34. The van der Waals surface area contributed by atoms with E-state index in [1.165, 1.54) is 6.07 Å². The van der Waals surface area contributed by atoms with Gasteiger partial charge in [0, 0.05) is 31.7 Å². The van der Waals surface area contributed by atoms with Crippen molar-refractivity contribution in [2.45, 2.75) is 6.04 Å². The molecule has 0 amide bonds. The summed E-state index contributed by atoms with van der Waals surface area (Å²) >= 11 is 5.67. The minimum absolute atomic E-state index is 0. The quantitative estimate of drug-likeness (QED) is 0.838. The van der Waals surface area contributed by atoms with E-state index in [1.807, 2.05) is 4.90 Å². The van der Waals surface area contributed by atoms with E-state index in [0.29, 0.717) is 13.1 Å². The highest BCUT2D eigenvalue weighted by atomic mass is 35.5. The molecule has 0 aliphatic carbocycles. The predicted molar refractivity (Wildman–Crippen MR) is 72.9 cm³/mol. The molecule has 2 rings (SSSR count). The van der Waals surface area contributed by atoms with Crippen LogP contribution in [-0.2, 0) is 0 Å². The van der Waals surface area contributed by atoms with Crippen LogP contribution in [0.4, 0.5) is 8.78 Å². The van der Waals surface area contributed by atoms with Gasteiger partial charge in [0.15, 0.2) is 0 Å². The topological polar surface area (TPSA) is 35.5 Å². The zero-order chi connectivity index (χ0) is 13.1. The molecule has 3 nitrogen and oxygen atoms in total. The number of rotatable bonds is 3. The summed E-state index contributed by atoms with van der Waals surface area (Å²) in [5.74, 6) is -1.45. The molecule has 1 aliphatic rings. The number of benzene rings is 1. The van der Waals surface area contributed by atoms with Crippen molar-refractivity contribution >= 4 is 24.0 Å². The van der Waals surface area contributed by atoms with Gasteiger partial charge in [-0.1, -0.05) is 11.6 Å². The average Bonchev–Trinajstić information content (AvgIpc) is 2.40. The Hall–Kier alpha value is -0.460. The van der Waals surface area contributed by atoms with Crippen LogP contribution in [-0.4, -0.2) is 42.8 Å². The molecule has 0 saturated carbocycles. The molecule has 1 saturated heterocycles. The summed E-state index contributed by atoms with van der Waals surface area (Å²) in [5, 5.41) is 12.5. The molecule has 7 heteroatoms. The molecule has 0 spiro atoms. The number of aliphatic hydroxyl groups is 1.